The summed E-state index contributed by atoms with van der Waals surface area (Å²) in [6.07, 6.45) is 41.6. The topological polar surface area (TPSA) is 66.9 Å². The zero-order chi connectivity index (χ0) is 39.2. The number of aldehydes is 1. The molecule has 54 heavy (non-hydrogen) atoms. The van der Waals surface area contributed by atoms with E-state index in [1.54, 1.807) is 0 Å². The van der Waals surface area contributed by atoms with E-state index in [-0.39, 0.29) is 5.97 Å². The highest BCUT2D eigenvalue weighted by molar-refractivity contribution is 5.76. The van der Waals surface area contributed by atoms with Crippen molar-refractivity contribution in [3.8, 4) is 0 Å². The molecule has 0 aromatic carbocycles. The van der Waals surface area contributed by atoms with Gasteiger partial charge in [-0.1, -0.05) is 162 Å². The van der Waals surface area contributed by atoms with Gasteiger partial charge in [-0.05, 0) is 89.8 Å². The highest BCUT2D eigenvalue weighted by atomic mass is 16.5. The van der Waals surface area contributed by atoms with Crippen molar-refractivity contribution < 1.29 is 19.1 Å². The van der Waals surface area contributed by atoms with Crippen LogP contribution in [0, 0.1) is 5.92 Å². The molecule has 1 aliphatic rings. The van der Waals surface area contributed by atoms with Crippen LogP contribution in [-0.2, 0) is 19.1 Å². The number of carbonyl (C=O) groups is 3. The van der Waals surface area contributed by atoms with Crippen molar-refractivity contribution in [1.29, 1.82) is 0 Å². The molecule has 0 aliphatic carbocycles. The first-order valence-electron chi connectivity index (χ1n) is 24.2. The molecule has 1 rings (SSSR count). The lowest BCUT2D eigenvalue weighted by Crippen LogP contribution is -2.42. The normalized spacial score (nSPS) is 14.4. The van der Waals surface area contributed by atoms with E-state index in [1.807, 2.05) is 0 Å². The Hall–Kier alpha value is -1.43. The summed E-state index contributed by atoms with van der Waals surface area (Å²) in [5, 5.41) is 0. The monoisotopic (exact) mass is 761 g/mol. The van der Waals surface area contributed by atoms with Crippen LogP contribution >= 0.6 is 0 Å². The number of carbonyl (C=O) groups excluding carboxylic acids is 3. The summed E-state index contributed by atoms with van der Waals surface area (Å²) in [7, 11) is 0. The van der Waals surface area contributed by atoms with Crippen molar-refractivity contribution in [1.82, 2.24) is 9.80 Å². The lowest BCUT2D eigenvalue weighted by atomic mass is 9.96. The summed E-state index contributed by atoms with van der Waals surface area (Å²) in [5.74, 6) is 0.952. The minimum atomic E-state index is 0.00465. The van der Waals surface area contributed by atoms with Gasteiger partial charge >= 0.3 is 5.97 Å². The predicted octanol–water partition coefficient (Wildman–Crippen LogP) is 13.6. The van der Waals surface area contributed by atoms with Crippen LogP contribution in [-0.4, -0.2) is 66.8 Å². The lowest BCUT2D eigenvalue weighted by Gasteiger charge is -2.33. The van der Waals surface area contributed by atoms with E-state index in [4.69, 9.17) is 4.74 Å². The second kappa shape index (κ2) is 38.4. The maximum absolute atomic E-state index is 13.9. The molecule has 0 radical (unpaired) electrons. The fourth-order valence-electron chi connectivity index (χ4n) is 8.43. The van der Waals surface area contributed by atoms with E-state index in [0.717, 1.165) is 77.2 Å². The Bertz CT molecular complexity index is 845. The molecule has 6 heteroatoms. The van der Waals surface area contributed by atoms with Gasteiger partial charge in [0.25, 0.3) is 0 Å². The second-order valence-corrected chi connectivity index (χ2v) is 17.1. The Balaban J connectivity index is 2.52. The van der Waals surface area contributed by atoms with Gasteiger partial charge in [0.2, 0.25) is 5.91 Å². The number of amides is 1. The van der Waals surface area contributed by atoms with Crippen LogP contribution in [0.3, 0.4) is 0 Å². The Kier molecular flexibility index (Phi) is 36.0. The number of rotatable bonds is 41. The van der Waals surface area contributed by atoms with Crippen LogP contribution in [0.5, 0.6) is 0 Å². The summed E-state index contributed by atoms with van der Waals surface area (Å²) < 4.78 is 5.75. The first-order valence-corrected chi connectivity index (χ1v) is 24.2. The molecule has 1 saturated heterocycles. The third-order valence-electron chi connectivity index (χ3n) is 12.0. The molecule has 318 valence electrons. The van der Waals surface area contributed by atoms with Crippen LogP contribution in [0.4, 0.5) is 0 Å². The van der Waals surface area contributed by atoms with Crippen LogP contribution in [0.25, 0.3) is 0 Å². The minimum absolute atomic E-state index is 0.00465. The summed E-state index contributed by atoms with van der Waals surface area (Å²) in [4.78, 5) is 41.9. The molecule has 1 fully saturated rings. The third-order valence-corrected chi connectivity index (χ3v) is 12.0. The van der Waals surface area contributed by atoms with Gasteiger partial charge in [-0.3, -0.25) is 9.59 Å². The van der Waals surface area contributed by atoms with Gasteiger partial charge in [0.05, 0.1) is 6.61 Å². The zero-order valence-electron chi connectivity index (χ0n) is 36.5. The summed E-state index contributed by atoms with van der Waals surface area (Å²) in [6, 6.07) is 0.371. The van der Waals surface area contributed by atoms with Crippen LogP contribution in [0.15, 0.2) is 0 Å². The van der Waals surface area contributed by atoms with Crippen molar-refractivity contribution in [2.45, 2.75) is 252 Å². The largest absolute Gasteiger partial charge is 0.465 e. The molecule has 1 heterocycles. The predicted molar refractivity (Wildman–Crippen MR) is 231 cm³/mol. The van der Waals surface area contributed by atoms with Crippen molar-refractivity contribution in [2.24, 2.45) is 5.92 Å². The Morgan fingerprint density at radius 2 is 1.06 bits per heavy atom. The van der Waals surface area contributed by atoms with Crippen LogP contribution in [0.1, 0.15) is 245 Å². The second-order valence-electron chi connectivity index (χ2n) is 17.1. The first-order chi connectivity index (χ1) is 26.5. The Morgan fingerprint density at radius 3 is 1.65 bits per heavy atom. The highest BCUT2D eigenvalue weighted by Gasteiger charge is 2.23. The van der Waals surface area contributed by atoms with Crippen LogP contribution < -0.4 is 0 Å². The van der Waals surface area contributed by atoms with E-state index >= 15 is 0 Å². The molecular formula is C48H92N2O4. The number of likely N-dealkylation sites (tertiary alicyclic amines) is 1. The van der Waals surface area contributed by atoms with E-state index in [1.165, 1.54) is 167 Å². The van der Waals surface area contributed by atoms with Gasteiger partial charge < -0.3 is 19.3 Å². The molecule has 0 aromatic heterocycles. The van der Waals surface area contributed by atoms with E-state index in [0.29, 0.717) is 37.3 Å². The number of ether oxygens (including phenoxy) is 1. The molecule has 1 amide bonds. The average molecular weight is 761 g/mol. The zero-order valence-corrected chi connectivity index (χ0v) is 36.5. The molecular weight excluding hydrogens is 669 g/mol. The van der Waals surface area contributed by atoms with Crippen molar-refractivity contribution in [2.75, 3.05) is 32.8 Å². The third kappa shape index (κ3) is 29.8. The standard InChI is InChI=1S/C48H92N2O4/c1-4-7-10-12-21-27-37-47(52)50(42-32-41-49-39-29-30-40-49)46(36-26-20-16-14-18-23-31-43-51)35-25-19-15-13-17-22-28-38-48(53)54-44-45(33-9-6-3)34-24-11-8-5-2/h43,45-46H,4-42,44H2,1-3H3. The molecule has 0 aromatic rings. The van der Waals surface area contributed by atoms with Crippen molar-refractivity contribution in [3.63, 3.8) is 0 Å². The van der Waals surface area contributed by atoms with Gasteiger partial charge in [0, 0.05) is 31.8 Å². The molecule has 2 unspecified atom stereocenters. The molecule has 0 spiro atoms. The van der Waals surface area contributed by atoms with Gasteiger partial charge in [-0.15, -0.1) is 0 Å². The SMILES string of the molecule is CCCCCCCCC(=O)N(CCCN1CCCC1)C(CCCCCCCCC=O)CCCCCCCCCC(=O)OCC(CCCC)CCCCCC. The maximum atomic E-state index is 13.9. The van der Waals surface area contributed by atoms with E-state index < -0.39 is 0 Å². The van der Waals surface area contributed by atoms with Gasteiger partial charge in [-0.25, -0.2) is 0 Å². The summed E-state index contributed by atoms with van der Waals surface area (Å²) >= 11 is 0. The lowest BCUT2D eigenvalue weighted by molar-refractivity contribution is -0.145. The Morgan fingerprint density at radius 1 is 0.574 bits per heavy atom. The highest BCUT2D eigenvalue weighted by Crippen LogP contribution is 2.23. The Labute approximate surface area is 336 Å². The molecule has 0 N–H and O–H groups in total. The molecule has 0 saturated carbocycles. The number of nitrogens with zero attached hydrogens (tertiary/aromatic N) is 2. The number of esters is 1. The maximum Gasteiger partial charge on any atom is 0.305 e. The number of hydrogen-bond acceptors (Lipinski definition) is 5. The summed E-state index contributed by atoms with van der Waals surface area (Å²) in [6.45, 7) is 11.9. The average Bonchev–Trinajstić information content (AvgIpc) is 3.70. The fourth-order valence-corrected chi connectivity index (χ4v) is 8.43. The quantitative estimate of drug-likeness (QED) is 0.0353. The number of hydrogen-bond donors (Lipinski definition) is 0. The summed E-state index contributed by atoms with van der Waals surface area (Å²) in [5.41, 5.74) is 0. The van der Waals surface area contributed by atoms with Crippen molar-refractivity contribution in [3.05, 3.63) is 0 Å². The number of unbranched alkanes of at least 4 members (excludes halogenated alkanes) is 21. The fraction of sp³-hybridized carbons (Fsp3) is 0.938. The van der Waals surface area contributed by atoms with Crippen molar-refractivity contribution >= 4 is 18.2 Å². The molecule has 6 nitrogen and oxygen atoms in total. The molecule has 1 aliphatic heterocycles. The smallest absolute Gasteiger partial charge is 0.305 e. The molecule has 2 atom stereocenters. The van der Waals surface area contributed by atoms with E-state index in [9.17, 15) is 14.4 Å². The van der Waals surface area contributed by atoms with Gasteiger partial charge in [0.15, 0.2) is 0 Å². The van der Waals surface area contributed by atoms with E-state index in [2.05, 4.69) is 30.6 Å². The minimum Gasteiger partial charge on any atom is -0.465 e. The van der Waals surface area contributed by atoms with Gasteiger partial charge in [-0.2, -0.15) is 0 Å². The first kappa shape index (κ1) is 50.6. The molecule has 0 bridgehead atoms. The van der Waals surface area contributed by atoms with Gasteiger partial charge in [0.1, 0.15) is 6.29 Å². The van der Waals surface area contributed by atoms with Crippen LogP contribution in [0.2, 0.25) is 0 Å².